The van der Waals surface area contributed by atoms with E-state index in [2.05, 4.69) is 21.9 Å². The molecular weight excluding hydrogens is 414 g/mol. The molecule has 1 atom stereocenters. The first kappa shape index (κ1) is 21.1. The first-order valence-corrected chi connectivity index (χ1v) is 10.6. The fraction of sp³-hybridized carbons (Fsp3) is 0.304. The van der Waals surface area contributed by atoms with Crippen LogP contribution in [0, 0.1) is 6.92 Å². The zero-order chi connectivity index (χ0) is 22.0. The van der Waals surface area contributed by atoms with E-state index in [9.17, 15) is 9.59 Å². The molecule has 0 saturated carbocycles. The Bertz CT molecular complexity index is 1140. The van der Waals surface area contributed by atoms with Crippen LogP contribution in [0.5, 0.6) is 0 Å². The van der Waals surface area contributed by atoms with Crippen molar-refractivity contribution < 1.29 is 4.79 Å². The third kappa shape index (κ3) is 4.46. The third-order valence-electron chi connectivity index (χ3n) is 5.63. The molecule has 1 saturated heterocycles. The molecule has 1 aliphatic heterocycles. The maximum atomic E-state index is 13.1. The van der Waals surface area contributed by atoms with Gasteiger partial charge >= 0.3 is 0 Å². The van der Waals surface area contributed by atoms with E-state index in [-0.39, 0.29) is 11.5 Å². The highest BCUT2D eigenvalue weighted by Crippen LogP contribution is 2.25. The minimum atomic E-state index is -0.686. The van der Waals surface area contributed by atoms with Crippen molar-refractivity contribution in [3.8, 4) is 11.3 Å². The summed E-state index contributed by atoms with van der Waals surface area (Å²) in [6, 6.07) is 11.9. The van der Waals surface area contributed by atoms with Crippen molar-refractivity contribution in [2.24, 2.45) is 0 Å². The number of hydrogen-bond acceptors (Lipinski definition) is 5. The van der Waals surface area contributed by atoms with Crippen molar-refractivity contribution in [3.05, 3.63) is 75.8 Å². The first-order chi connectivity index (χ1) is 14.9. The summed E-state index contributed by atoms with van der Waals surface area (Å²) in [5.41, 5.74) is 3.42. The Kier molecular flexibility index (Phi) is 6.04. The number of rotatable bonds is 4. The lowest BCUT2D eigenvalue weighted by molar-refractivity contribution is -0.135. The second kappa shape index (κ2) is 8.89. The Labute approximate surface area is 185 Å². The van der Waals surface area contributed by atoms with E-state index in [4.69, 9.17) is 11.6 Å². The van der Waals surface area contributed by atoms with Gasteiger partial charge in [-0.15, -0.1) is 0 Å². The molecule has 1 aliphatic rings. The lowest BCUT2D eigenvalue weighted by Gasteiger charge is -2.37. The van der Waals surface area contributed by atoms with Gasteiger partial charge in [-0.1, -0.05) is 17.7 Å². The highest BCUT2D eigenvalue weighted by atomic mass is 35.5. The average molecular weight is 438 g/mol. The summed E-state index contributed by atoms with van der Waals surface area (Å²) < 4.78 is 1.27. The van der Waals surface area contributed by atoms with Gasteiger partial charge in [0.2, 0.25) is 5.91 Å². The van der Waals surface area contributed by atoms with Crippen LogP contribution in [0.15, 0.2) is 59.7 Å². The van der Waals surface area contributed by atoms with Crippen LogP contribution in [0.2, 0.25) is 5.02 Å². The molecule has 0 radical (unpaired) electrons. The molecule has 1 aromatic carbocycles. The quantitative estimate of drug-likeness (QED) is 0.627. The number of aryl methyl sites for hydroxylation is 1. The van der Waals surface area contributed by atoms with Crippen LogP contribution in [0.4, 0.5) is 5.69 Å². The van der Waals surface area contributed by atoms with Crippen molar-refractivity contribution >= 4 is 23.2 Å². The number of aromatic nitrogens is 3. The van der Waals surface area contributed by atoms with Crippen molar-refractivity contribution in [1.82, 2.24) is 19.7 Å². The maximum Gasteiger partial charge on any atom is 0.267 e. The van der Waals surface area contributed by atoms with Crippen LogP contribution in [-0.4, -0.2) is 51.8 Å². The van der Waals surface area contributed by atoms with E-state index in [0.29, 0.717) is 36.9 Å². The van der Waals surface area contributed by atoms with Gasteiger partial charge in [-0.3, -0.25) is 14.6 Å². The molecule has 4 rings (SSSR count). The van der Waals surface area contributed by atoms with Crippen molar-refractivity contribution in [3.63, 3.8) is 0 Å². The van der Waals surface area contributed by atoms with Gasteiger partial charge < -0.3 is 9.80 Å². The van der Waals surface area contributed by atoms with Crippen molar-refractivity contribution in [2.75, 3.05) is 31.1 Å². The summed E-state index contributed by atoms with van der Waals surface area (Å²) in [5.74, 6) is -0.107. The molecule has 160 valence electrons. The van der Waals surface area contributed by atoms with Gasteiger partial charge in [0.1, 0.15) is 6.04 Å². The number of pyridine rings is 1. The van der Waals surface area contributed by atoms with E-state index in [1.54, 1.807) is 30.3 Å². The molecule has 0 bridgehead atoms. The molecule has 3 heterocycles. The number of amides is 1. The monoisotopic (exact) mass is 437 g/mol. The Morgan fingerprint density at radius 1 is 1.03 bits per heavy atom. The average Bonchev–Trinajstić information content (AvgIpc) is 2.81. The summed E-state index contributed by atoms with van der Waals surface area (Å²) in [5, 5.41) is 5.15. The molecule has 0 spiro atoms. The van der Waals surface area contributed by atoms with Gasteiger partial charge in [-0.25, -0.2) is 4.68 Å². The van der Waals surface area contributed by atoms with Crippen LogP contribution in [0.25, 0.3) is 11.3 Å². The fourth-order valence-corrected chi connectivity index (χ4v) is 4.01. The summed E-state index contributed by atoms with van der Waals surface area (Å²) in [6.07, 6.45) is 3.34. The van der Waals surface area contributed by atoms with Gasteiger partial charge in [0.05, 0.1) is 5.69 Å². The number of carbonyl (C=O) groups is 1. The van der Waals surface area contributed by atoms with E-state index in [0.717, 1.165) is 16.8 Å². The van der Waals surface area contributed by atoms with Gasteiger partial charge in [-0.2, -0.15) is 5.10 Å². The van der Waals surface area contributed by atoms with Crippen LogP contribution in [-0.2, 0) is 4.79 Å². The Morgan fingerprint density at radius 2 is 1.74 bits per heavy atom. The van der Waals surface area contributed by atoms with Crippen LogP contribution in [0.1, 0.15) is 18.5 Å². The van der Waals surface area contributed by atoms with Gasteiger partial charge in [0.25, 0.3) is 5.56 Å². The van der Waals surface area contributed by atoms with E-state index in [1.807, 2.05) is 30.3 Å². The predicted octanol–water partition coefficient (Wildman–Crippen LogP) is 3.18. The molecule has 2 aromatic heterocycles. The second-order valence-electron chi connectivity index (χ2n) is 7.66. The lowest BCUT2D eigenvalue weighted by Crippen LogP contribution is -2.51. The number of carbonyl (C=O) groups excluding carboxylic acids is 1. The minimum absolute atomic E-state index is 0.107. The summed E-state index contributed by atoms with van der Waals surface area (Å²) in [4.78, 5) is 33.6. The number of piperazine rings is 1. The van der Waals surface area contributed by atoms with E-state index < -0.39 is 6.04 Å². The van der Waals surface area contributed by atoms with Crippen molar-refractivity contribution in [2.45, 2.75) is 19.9 Å². The SMILES string of the molecule is Cc1ccc(Cl)cc1N1CCN(C(=O)C(C)n2nc(-c3ccncc3)ccc2=O)CC1. The lowest BCUT2D eigenvalue weighted by atomic mass is 10.1. The Morgan fingerprint density at radius 3 is 2.45 bits per heavy atom. The number of anilines is 1. The Hall–Kier alpha value is -3.19. The number of halogens is 1. The molecule has 3 aromatic rings. The van der Waals surface area contributed by atoms with Gasteiger partial charge in [0.15, 0.2) is 0 Å². The fourth-order valence-electron chi connectivity index (χ4n) is 3.84. The highest BCUT2D eigenvalue weighted by Gasteiger charge is 2.27. The zero-order valence-corrected chi connectivity index (χ0v) is 18.3. The molecule has 0 aliphatic carbocycles. The number of hydrogen-bond donors (Lipinski definition) is 0. The third-order valence-corrected chi connectivity index (χ3v) is 5.86. The standard InChI is InChI=1S/C23H24ClN5O2/c1-16-3-4-19(24)15-21(16)27-11-13-28(14-12-27)23(31)17(2)29-22(30)6-5-20(26-29)18-7-9-25-10-8-18/h3-10,15,17H,11-14H2,1-2H3. The molecule has 0 N–H and O–H groups in total. The van der Waals surface area contributed by atoms with Crippen LogP contribution < -0.4 is 10.5 Å². The first-order valence-electron chi connectivity index (χ1n) is 10.2. The summed E-state index contributed by atoms with van der Waals surface area (Å²) in [7, 11) is 0. The molecule has 8 heteroatoms. The minimum Gasteiger partial charge on any atom is -0.368 e. The molecule has 7 nitrogen and oxygen atoms in total. The molecular formula is C23H24ClN5O2. The normalized spacial score (nSPS) is 15.1. The largest absolute Gasteiger partial charge is 0.368 e. The zero-order valence-electron chi connectivity index (χ0n) is 17.5. The predicted molar refractivity (Wildman–Crippen MR) is 121 cm³/mol. The van der Waals surface area contributed by atoms with Gasteiger partial charge in [-0.05, 0) is 49.7 Å². The smallest absolute Gasteiger partial charge is 0.267 e. The molecule has 1 unspecified atom stereocenters. The molecule has 1 fully saturated rings. The summed E-state index contributed by atoms with van der Waals surface area (Å²) >= 11 is 6.16. The van der Waals surface area contributed by atoms with Crippen LogP contribution in [0.3, 0.4) is 0 Å². The molecule has 31 heavy (non-hydrogen) atoms. The summed E-state index contributed by atoms with van der Waals surface area (Å²) in [6.45, 7) is 6.35. The number of nitrogens with zero attached hydrogens (tertiary/aromatic N) is 5. The number of benzene rings is 1. The highest BCUT2D eigenvalue weighted by molar-refractivity contribution is 6.30. The van der Waals surface area contributed by atoms with Gasteiger partial charge in [0, 0.05) is 60.9 Å². The van der Waals surface area contributed by atoms with Crippen molar-refractivity contribution in [1.29, 1.82) is 0 Å². The molecule has 1 amide bonds. The van der Waals surface area contributed by atoms with E-state index in [1.165, 1.54) is 10.7 Å². The topological polar surface area (TPSA) is 71.3 Å². The van der Waals surface area contributed by atoms with Crippen LogP contribution >= 0.6 is 11.6 Å². The van der Waals surface area contributed by atoms with E-state index >= 15 is 0 Å². The Balaban J connectivity index is 1.48. The maximum absolute atomic E-state index is 13.1. The second-order valence-corrected chi connectivity index (χ2v) is 8.09.